The highest BCUT2D eigenvalue weighted by Crippen LogP contribution is 2.31. The molecule has 1 aromatic heterocycles. The predicted octanol–water partition coefficient (Wildman–Crippen LogP) is 5.38. The van der Waals surface area contributed by atoms with Crippen molar-refractivity contribution < 1.29 is 9.13 Å². The van der Waals surface area contributed by atoms with Gasteiger partial charge in [-0.05, 0) is 80.1 Å². The molecule has 0 spiro atoms. The summed E-state index contributed by atoms with van der Waals surface area (Å²) in [6.45, 7) is 1.03. The van der Waals surface area contributed by atoms with Crippen molar-refractivity contribution in [1.82, 2.24) is 14.9 Å². The molecule has 28 heavy (non-hydrogen) atoms. The van der Waals surface area contributed by atoms with Crippen molar-refractivity contribution in [3.8, 4) is 17.2 Å². The highest BCUT2D eigenvalue weighted by atomic mass is 19.1. The van der Waals surface area contributed by atoms with Gasteiger partial charge in [-0.2, -0.15) is 0 Å². The number of rotatable bonds is 4. The number of halogens is 1. The zero-order valence-corrected chi connectivity index (χ0v) is 15.3. The van der Waals surface area contributed by atoms with Crippen LogP contribution in [0.15, 0.2) is 72.8 Å². The molecule has 5 rings (SSSR count). The third kappa shape index (κ3) is 3.14. The Bertz CT molecular complexity index is 1100. The number of imidazole rings is 1. The lowest BCUT2D eigenvalue weighted by molar-refractivity contribution is 0.480. The molecule has 0 aliphatic carbocycles. The van der Waals surface area contributed by atoms with E-state index in [1.807, 2.05) is 36.4 Å². The number of nitrogens with one attached hydrogen (secondary N) is 1. The quantitative estimate of drug-likeness (QED) is 0.522. The molecule has 2 heterocycles. The summed E-state index contributed by atoms with van der Waals surface area (Å²) in [5.74, 6) is 2.09. The fourth-order valence-corrected chi connectivity index (χ4v) is 3.76. The van der Waals surface area contributed by atoms with E-state index < -0.39 is 0 Å². The van der Waals surface area contributed by atoms with Gasteiger partial charge in [-0.3, -0.25) is 4.57 Å². The Labute approximate surface area is 162 Å². The number of nitrogens with zero attached hydrogens (tertiary/aromatic N) is 2. The van der Waals surface area contributed by atoms with Crippen LogP contribution in [0, 0.1) is 5.82 Å². The van der Waals surface area contributed by atoms with Crippen LogP contribution in [0.25, 0.3) is 16.7 Å². The second kappa shape index (κ2) is 7.09. The van der Waals surface area contributed by atoms with Crippen LogP contribution in [0.2, 0.25) is 0 Å². The normalized spacial score (nSPS) is 16.5. The van der Waals surface area contributed by atoms with E-state index in [0.29, 0.717) is 11.5 Å². The summed E-state index contributed by atoms with van der Waals surface area (Å²) in [5.41, 5.74) is 3.14. The molecule has 4 nitrogen and oxygen atoms in total. The Hall–Kier alpha value is -3.18. The van der Waals surface area contributed by atoms with Crippen molar-refractivity contribution in [2.45, 2.75) is 18.9 Å². The molecule has 5 heteroatoms. The molecule has 1 fully saturated rings. The molecule has 0 bridgehead atoms. The maximum atomic E-state index is 13.1. The molecule has 1 atom stereocenters. The highest BCUT2D eigenvalue weighted by Gasteiger charge is 2.23. The SMILES string of the molecule is Fc1ccc(Oc2ccc(-n3c(C4CCCN4)nc4ccccc43)cc2)cc1. The topological polar surface area (TPSA) is 39.1 Å². The third-order valence-corrected chi connectivity index (χ3v) is 5.10. The maximum absolute atomic E-state index is 13.1. The van der Waals surface area contributed by atoms with Crippen LogP contribution in [-0.2, 0) is 0 Å². The number of ether oxygens (including phenoxy) is 1. The number of fused-ring (bicyclic) bond motifs is 1. The van der Waals surface area contributed by atoms with Gasteiger partial charge in [0.1, 0.15) is 23.1 Å². The lowest BCUT2D eigenvalue weighted by Gasteiger charge is -2.15. The Kier molecular flexibility index (Phi) is 4.29. The van der Waals surface area contributed by atoms with E-state index >= 15 is 0 Å². The molecule has 1 saturated heterocycles. The van der Waals surface area contributed by atoms with Crippen LogP contribution in [0.1, 0.15) is 24.7 Å². The molecule has 1 N–H and O–H groups in total. The van der Waals surface area contributed by atoms with E-state index in [-0.39, 0.29) is 11.9 Å². The minimum absolute atomic E-state index is 0.266. The van der Waals surface area contributed by atoms with Gasteiger partial charge < -0.3 is 10.1 Å². The highest BCUT2D eigenvalue weighted by molar-refractivity contribution is 5.78. The molecular weight excluding hydrogens is 353 g/mol. The van der Waals surface area contributed by atoms with E-state index in [1.54, 1.807) is 12.1 Å². The summed E-state index contributed by atoms with van der Waals surface area (Å²) >= 11 is 0. The second-order valence-corrected chi connectivity index (χ2v) is 6.99. The summed E-state index contributed by atoms with van der Waals surface area (Å²) in [6, 6.07) is 22.4. The van der Waals surface area contributed by atoms with Crippen LogP contribution in [0.3, 0.4) is 0 Å². The van der Waals surface area contributed by atoms with Gasteiger partial charge >= 0.3 is 0 Å². The minimum atomic E-state index is -0.275. The standard InChI is InChI=1S/C23H20FN3O/c24-16-7-11-18(12-8-16)28-19-13-9-17(10-14-19)27-22-6-2-1-4-20(22)26-23(27)21-5-3-15-25-21/h1-2,4,6-14,21,25H,3,5,15H2. The van der Waals surface area contributed by atoms with E-state index in [4.69, 9.17) is 9.72 Å². The summed E-state index contributed by atoms with van der Waals surface area (Å²) < 4.78 is 21.1. The van der Waals surface area contributed by atoms with Crippen LogP contribution < -0.4 is 10.1 Å². The number of hydrogen-bond donors (Lipinski definition) is 1. The first kappa shape index (κ1) is 17.0. The van der Waals surface area contributed by atoms with Crippen LogP contribution >= 0.6 is 0 Å². The summed E-state index contributed by atoms with van der Waals surface area (Å²) in [7, 11) is 0. The van der Waals surface area contributed by atoms with E-state index in [2.05, 4.69) is 22.0 Å². The van der Waals surface area contributed by atoms with Gasteiger partial charge in [0.15, 0.2) is 0 Å². The van der Waals surface area contributed by atoms with Gasteiger partial charge in [0.25, 0.3) is 0 Å². The smallest absolute Gasteiger partial charge is 0.131 e. The molecule has 0 amide bonds. The van der Waals surface area contributed by atoms with Crippen LogP contribution in [0.4, 0.5) is 4.39 Å². The molecule has 4 aromatic rings. The lowest BCUT2D eigenvalue weighted by Crippen LogP contribution is -2.17. The van der Waals surface area contributed by atoms with Crippen LogP contribution in [0.5, 0.6) is 11.5 Å². The van der Waals surface area contributed by atoms with Gasteiger partial charge in [0, 0.05) is 5.69 Å². The first-order valence-corrected chi connectivity index (χ1v) is 9.52. The average Bonchev–Trinajstić information content (AvgIpc) is 3.38. The first-order valence-electron chi connectivity index (χ1n) is 9.52. The van der Waals surface area contributed by atoms with Crippen molar-refractivity contribution in [2.75, 3.05) is 6.54 Å². The molecule has 0 radical (unpaired) electrons. The zero-order valence-electron chi connectivity index (χ0n) is 15.3. The maximum Gasteiger partial charge on any atom is 0.131 e. The minimum Gasteiger partial charge on any atom is -0.457 e. The first-order chi connectivity index (χ1) is 13.8. The zero-order chi connectivity index (χ0) is 18.9. The van der Waals surface area contributed by atoms with Gasteiger partial charge in [0.05, 0.1) is 17.1 Å². The number of aromatic nitrogens is 2. The predicted molar refractivity (Wildman–Crippen MR) is 108 cm³/mol. The Morgan fingerprint density at radius 3 is 2.36 bits per heavy atom. The monoisotopic (exact) mass is 373 g/mol. The van der Waals surface area contributed by atoms with E-state index in [9.17, 15) is 4.39 Å². The Balaban J connectivity index is 1.51. The summed E-state index contributed by atoms with van der Waals surface area (Å²) in [4.78, 5) is 4.90. The van der Waals surface area contributed by atoms with Crippen molar-refractivity contribution in [2.24, 2.45) is 0 Å². The van der Waals surface area contributed by atoms with Gasteiger partial charge in [-0.25, -0.2) is 9.37 Å². The molecule has 140 valence electrons. The fraction of sp³-hybridized carbons (Fsp3) is 0.174. The summed E-state index contributed by atoms with van der Waals surface area (Å²) in [5, 5.41) is 3.55. The van der Waals surface area contributed by atoms with Gasteiger partial charge in [-0.15, -0.1) is 0 Å². The fourth-order valence-electron chi connectivity index (χ4n) is 3.76. The van der Waals surface area contributed by atoms with Crippen molar-refractivity contribution in [3.05, 3.63) is 84.4 Å². The molecule has 1 aliphatic rings. The largest absolute Gasteiger partial charge is 0.457 e. The molecule has 0 saturated carbocycles. The molecule has 3 aromatic carbocycles. The van der Waals surface area contributed by atoms with Crippen molar-refractivity contribution >= 4 is 11.0 Å². The van der Waals surface area contributed by atoms with E-state index in [0.717, 1.165) is 41.9 Å². The Morgan fingerprint density at radius 1 is 0.929 bits per heavy atom. The second-order valence-electron chi connectivity index (χ2n) is 6.99. The number of hydrogen-bond acceptors (Lipinski definition) is 3. The summed E-state index contributed by atoms with van der Waals surface area (Å²) in [6.07, 6.45) is 2.26. The third-order valence-electron chi connectivity index (χ3n) is 5.10. The molecule has 1 unspecified atom stereocenters. The molecular formula is C23H20FN3O. The number of para-hydroxylation sites is 2. The van der Waals surface area contributed by atoms with Crippen molar-refractivity contribution in [1.29, 1.82) is 0 Å². The average molecular weight is 373 g/mol. The van der Waals surface area contributed by atoms with Gasteiger partial charge in [-0.1, -0.05) is 12.1 Å². The van der Waals surface area contributed by atoms with Crippen molar-refractivity contribution in [3.63, 3.8) is 0 Å². The van der Waals surface area contributed by atoms with Gasteiger partial charge in [0.2, 0.25) is 0 Å². The molecule has 1 aliphatic heterocycles. The Morgan fingerprint density at radius 2 is 1.64 bits per heavy atom. The van der Waals surface area contributed by atoms with Crippen LogP contribution in [-0.4, -0.2) is 16.1 Å². The number of benzene rings is 3. The van der Waals surface area contributed by atoms with E-state index in [1.165, 1.54) is 12.1 Å². The lowest BCUT2D eigenvalue weighted by atomic mass is 10.2.